The van der Waals surface area contributed by atoms with Gasteiger partial charge in [-0.2, -0.15) is 0 Å². The van der Waals surface area contributed by atoms with Crippen LogP contribution in [0.15, 0.2) is 60.7 Å². The molecule has 5 heteroatoms. The predicted molar refractivity (Wildman–Crippen MR) is 143 cm³/mol. The lowest BCUT2D eigenvalue weighted by Gasteiger charge is -2.29. The third-order valence-corrected chi connectivity index (χ3v) is 7.32. The monoisotopic (exact) mass is 494 g/mol. The number of carboxylic acid groups (broad SMARTS) is 1. The van der Waals surface area contributed by atoms with E-state index in [2.05, 4.69) is 19.1 Å². The zero-order valence-corrected chi connectivity index (χ0v) is 21.9. The lowest BCUT2D eigenvalue weighted by molar-refractivity contribution is -0.138. The Morgan fingerprint density at radius 3 is 1.69 bits per heavy atom. The predicted octanol–water partition coefficient (Wildman–Crippen LogP) is 7.02. The average Bonchev–Trinajstić information content (AvgIpc) is 2.87. The summed E-state index contributed by atoms with van der Waals surface area (Å²) in [6.45, 7) is 5.01. The van der Waals surface area contributed by atoms with Crippen LogP contribution in [0.5, 0.6) is 0 Å². The van der Waals surface area contributed by atoms with Gasteiger partial charge in [0.05, 0.1) is 6.42 Å². The Kier molecular flexibility index (Phi) is 12.4. The Labute approximate surface area is 216 Å². The normalized spacial score (nSPS) is 14.4. The lowest BCUT2D eigenvalue weighted by Crippen LogP contribution is -2.28. The maximum absolute atomic E-state index is 12.4. The quantitative estimate of drug-likeness (QED) is 0.168. The average molecular weight is 495 g/mol. The number of aliphatic carboxylic acids is 1. The number of ketones is 1. The fraction of sp³-hybridized carbons (Fsp3) is 0.516. The van der Waals surface area contributed by atoms with Crippen LogP contribution >= 0.6 is 0 Å². The van der Waals surface area contributed by atoms with Crippen LogP contribution in [0.1, 0.15) is 95.6 Å². The number of carbonyl (C=O) groups is 3. The van der Waals surface area contributed by atoms with E-state index in [1.165, 1.54) is 0 Å². The van der Waals surface area contributed by atoms with Crippen molar-refractivity contribution >= 4 is 18.2 Å². The van der Waals surface area contributed by atoms with Crippen LogP contribution in [0, 0.1) is 0 Å². The maximum Gasteiger partial charge on any atom is 0.304 e. The van der Waals surface area contributed by atoms with E-state index in [4.69, 9.17) is 4.74 Å². The number of carboxylic acids is 1. The van der Waals surface area contributed by atoms with Crippen LogP contribution in [0.3, 0.4) is 0 Å². The van der Waals surface area contributed by atoms with E-state index in [0.29, 0.717) is 31.7 Å². The molecule has 0 aliphatic carbocycles. The van der Waals surface area contributed by atoms with Crippen molar-refractivity contribution in [3.05, 3.63) is 71.8 Å². The molecule has 2 rings (SSSR count). The van der Waals surface area contributed by atoms with Gasteiger partial charge in [-0.25, -0.2) is 0 Å². The highest BCUT2D eigenvalue weighted by atomic mass is 16.5. The summed E-state index contributed by atoms with van der Waals surface area (Å²) < 4.78 is 5.11. The molecular weight excluding hydrogens is 452 g/mol. The second-order valence-corrected chi connectivity index (χ2v) is 10.5. The summed E-state index contributed by atoms with van der Waals surface area (Å²) >= 11 is 0. The number of unbranched alkanes of at least 4 members (excludes halogenated alkanes) is 4. The molecule has 0 fully saturated rings. The number of hydrogen-bond acceptors (Lipinski definition) is 4. The fourth-order valence-corrected chi connectivity index (χ4v) is 5.02. The molecule has 2 unspecified atom stereocenters. The zero-order chi connectivity index (χ0) is 26.3. The van der Waals surface area contributed by atoms with E-state index < -0.39 is 5.97 Å². The first-order valence-electron chi connectivity index (χ1n) is 13.2. The number of benzene rings is 2. The van der Waals surface area contributed by atoms with Crippen molar-refractivity contribution in [2.45, 2.75) is 95.3 Å². The van der Waals surface area contributed by atoms with Gasteiger partial charge in [-0.1, -0.05) is 100 Å². The first kappa shape index (κ1) is 29.3. The second-order valence-electron chi connectivity index (χ2n) is 10.5. The molecule has 196 valence electrons. The molecule has 2 aromatic rings. The summed E-state index contributed by atoms with van der Waals surface area (Å²) in [6.07, 6.45) is 8.52. The van der Waals surface area contributed by atoms with Gasteiger partial charge in [0.25, 0.3) is 6.47 Å². The van der Waals surface area contributed by atoms with Gasteiger partial charge in [0.15, 0.2) is 0 Å². The van der Waals surface area contributed by atoms with Crippen molar-refractivity contribution in [2.24, 2.45) is 0 Å². The van der Waals surface area contributed by atoms with Crippen molar-refractivity contribution in [3.63, 3.8) is 0 Å². The first-order chi connectivity index (χ1) is 17.3. The molecule has 2 aromatic carbocycles. The van der Waals surface area contributed by atoms with Crippen LogP contribution in [0.2, 0.25) is 0 Å². The van der Waals surface area contributed by atoms with Gasteiger partial charge in [-0.05, 0) is 36.8 Å². The molecule has 0 radical (unpaired) electrons. The molecule has 0 amide bonds. The summed E-state index contributed by atoms with van der Waals surface area (Å²) in [5.41, 5.74) is 1.61. The van der Waals surface area contributed by atoms with Gasteiger partial charge in [0.2, 0.25) is 0 Å². The Morgan fingerprint density at radius 1 is 0.750 bits per heavy atom. The molecule has 0 saturated heterocycles. The van der Waals surface area contributed by atoms with Crippen molar-refractivity contribution in [1.29, 1.82) is 0 Å². The fourth-order valence-electron chi connectivity index (χ4n) is 5.02. The van der Waals surface area contributed by atoms with Crippen molar-refractivity contribution < 1.29 is 24.2 Å². The molecule has 36 heavy (non-hydrogen) atoms. The van der Waals surface area contributed by atoms with Gasteiger partial charge >= 0.3 is 5.97 Å². The molecule has 0 saturated carbocycles. The number of Topliss-reactive ketones (excluding diaryl/α,β-unsaturated/α-hetero) is 1. The van der Waals surface area contributed by atoms with Crippen molar-refractivity contribution in [3.8, 4) is 0 Å². The summed E-state index contributed by atoms with van der Waals surface area (Å²) in [5, 5.41) is 9.38. The molecule has 0 aliphatic heterocycles. The maximum atomic E-state index is 12.4. The van der Waals surface area contributed by atoms with Crippen LogP contribution in [-0.2, 0) is 30.0 Å². The molecule has 0 bridgehead atoms. The Morgan fingerprint density at radius 2 is 1.22 bits per heavy atom. The van der Waals surface area contributed by atoms with Gasteiger partial charge in [-0.3, -0.25) is 14.4 Å². The molecule has 5 nitrogen and oxygen atoms in total. The number of rotatable bonds is 19. The van der Waals surface area contributed by atoms with Crippen LogP contribution in [0.25, 0.3) is 0 Å². The summed E-state index contributed by atoms with van der Waals surface area (Å²) in [4.78, 5) is 34.5. The topological polar surface area (TPSA) is 80.7 Å². The van der Waals surface area contributed by atoms with E-state index in [0.717, 1.165) is 62.5 Å². The van der Waals surface area contributed by atoms with Crippen molar-refractivity contribution in [2.75, 3.05) is 6.61 Å². The SMILES string of the molecule is CC(CCCCCC(=O)CCCCCC(C)(CC(=O)O)c1ccccc1)(COC=O)c1ccccc1. The first-order valence-corrected chi connectivity index (χ1v) is 13.2. The van der Waals surface area contributed by atoms with Crippen molar-refractivity contribution in [1.82, 2.24) is 0 Å². The van der Waals surface area contributed by atoms with E-state index in [1.54, 1.807) is 0 Å². The summed E-state index contributed by atoms with van der Waals surface area (Å²) in [6, 6.07) is 20.0. The van der Waals surface area contributed by atoms with Crippen LogP contribution < -0.4 is 0 Å². The number of carbonyl (C=O) groups excluding carboxylic acids is 2. The molecule has 0 aromatic heterocycles. The minimum absolute atomic E-state index is 0.112. The van der Waals surface area contributed by atoms with E-state index in [9.17, 15) is 19.5 Å². The lowest BCUT2D eigenvalue weighted by atomic mass is 9.75. The summed E-state index contributed by atoms with van der Waals surface area (Å²) in [5.74, 6) is -0.474. The minimum Gasteiger partial charge on any atom is -0.481 e. The van der Waals surface area contributed by atoms with Crippen LogP contribution in [0.4, 0.5) is 0 Å². The van der Waals surface area contributed by atoms with Gasteiger partial charge < -0.3 is 9.84 Å². The van der Waals surface area contributed by atoms with Gasteiger partial charge in [-0.15, -0.1) is 0 Å². The molecule has 0 spiro atoms. The highest BCUT2D eigenvalue weighted by Crippen LogP contribution is 2.34. The smallest absolute Gasteiger partial charge is 0.304 e. The number of ether oxygens (including phenoxy) is 1. The minimum atomic E-state index is -0.781. The molecular formula is C31H42O5. The van der Waals surface area contributed by atoms with E-state index in [-0.39, 0.29) is 17.3 Å². The van der Waals surface area contributed by atoms with Crippen LogP contribution in [-0.4, -0.2) is 29.9 Å². The summed E-state index contributed by atoms with van der Waals surface area (Å²) in [7, 11) is 0. The molecule has 0 heterocycles. The Balaban J connectivity index is 1.66. The van der Waals surface area contributed by atoms with E-state index >= 15 is 0 Å². The Bertz CT molecular complexity index is 926. The zero-order valence-electron chi connectivity index (χ0n) is 21.9. The van der Waals surface area contributed by atoms with Gasteiger partial charge in [0, 0.05) is 23.7 Å². The highest BCUT2D eigenvalue weighted by molar-refractivity contribution is 5.78. The molecule has 1 N–H and O–H groups in total. The largest absolute Gasteiger partial charge is 0.481 e. The Hall–Kier alpha value is -2.95. The third-order valence-electron chi connectivity index (χ3n) is 7.32. The number of hydrogen-bond donors (Lipinski definition) is 1. The highest BCUT2D eigenvalue weighted by Gasteiger charge is 2.29. The second kappa shape index (κ2) is 15.2. The standard InChI is InChI=1S/C31H42O5/c1-30(23-29(34)35,26-15-7-3-8-16-26)21-13-5-11-19-28(33)20-12-6-14-22-31(2,24-36-25-32)27-17-9-4-10-18-27/h3-4,7-10,15-18,25H,5-6,11-14,19-24H2,1-2H3,(H,34,35). The molecule has 2 atom stereocenters. The molecule has 0 aliphatic rings. The third kappa shape index (κ3) is 9.96. The van der Waals surface area contributed by atoms with Gasteiger partial charge in [0.1, 0.15) is 12.4 Å². The van der Waals surface area contributed by atoms with E-state index in [1.807, 2.05) is 55.5 Å².